The van der Waals surface area contributed by atoms with Gasteiger partial charge in [-0.1, -0.05) is 29.8 Å². The maximum Gasteiger partial charge on any atom is 0.227 e. The molecule has 28 heavy (non-hydrogen) atoms. The summed E-state index contributed by atoms with van der Waals surface area (Å²) in [6, 6.07) is 16.1. The molecule has 3 rings (SSSR count). The summed E-state index contributed by atoms with van der Waals surface area (Å²) < 4.78 is 0. The second kappa shape index (κ2) is 8.91. The number of aryl methyl sites for hydroxylation is 1. The lowest BCUT2D eigenvalue weighted by atomic mass is 10.1. The molecular weight excluding hydrogens is 350 g/mol. The van der Waals surface area contributed by atoms with Crippen molar-refractivity contribution in [2.75, 3.05) is 29.4 Å². The molecule has 5 nitrogen and oxygen atoms in total. The molecular formula is C23H29N3O2. The van der Waals surface area contributed by atoms with Gasteiger partial charge >= 0.3 is 0 Å². The van der Waals surface area contributed by atoms with E-state index in [1.165, 1.54) is 5.56 Å². The van der Waals surface area contributed by atoms with Crippen molar-refractivity contribution in [3.8, 4) is 0 Å². The molecule has 2 aromatic carbocycles. The van der Waals surface area contributed by atoms with Crippen molar-refractivity contribution in [2.24, 2.45) is 5.92 Å². The van der Waals surface area contributed by atoms with E-state index in [1.54, 1.807) is 4.90 Å². The van der Waals surface area contributed by atoms with Crippen LogP contribution in [-0.2, 0) is 16.1 Å². The lowest BCUT2D eigenvalue weighted by Crippen LogP contribution is -2.32. The zero-order valence-corrected chi connectivity index (χ0v) is 16.9. The lowest BCUT2D eigenvalue weighted by Gasteiger charge is -2.22. The molecule has 5 heteroatoms. The van der Waals surface area contributed by atoms with Crippen molar-refractivity contribution in [3.63, 3.8) is 0 Å². The van der Waals surface area contributed by atoms with Gasteiger partial charge < -0.3 is 15.1 Å². The summed E-state index contributed by atoms with van der Waals surface area (Å²) >= 11 is 0. The molecule has 0 aromatic heterocycles. The fourth-order valence-corrected chi connectivity index (χ4v) is 3.72. The third kappa shape index (κ3) is 4.53. The summed E-state index contributed by atoms with van der Waals surface area (Å²) in [6.45, 7) is 9.10. The van der Waals surface area contributed by atoms with Crippen molar-refractivity contribution < 1.29 is 9.59 Å². The molecule has 1 atom stereocenters. The number of hydrogen-bond acceptors (Lipinski definition) is 3. The number of benzene rings is 2. The van der Waals surface area contributed by atoms with Gasteiger partial charge in [-0.25, -0.2) is 0 Å². The van der Waals surface area contributed by atoms with Gasteiger partial charge in [0, 0.05) is 44.0 Å². The van der Waals surface area contributed by atoms with Crippen LogP contribution in [0.2, 0.25) is 0 Å². The summed E-state index contributed by atoms with van der Waals surface area (Å²) in [4.78, 5) is 29.0. The zero-order valence-electron chi connectivity index (χ0n) is 16.9. The maximum atomic E-state index is 12.6. The molecule has 1 fully saturated rings. The van der Waals surface area contributed by atoms with E-state index in [0.29, 0.717) is 13.1 Å². The Hall–Kier alpha value is -2.82. The summed E-state index contributed by atoms with van der Waals surface area (Å²) in [5.74, 6) is -0.358. The molecule has 0 spiro atoms. The van der Waals surface area contributed by atoms with E-state index in [-0.39, 0.29) is 24.2 Å². The van der Waals surface area contributed by atoms with Crippen LogP contribution in [0.15, 0.2) is 48.5 Å². The first-order valence-electron chi connectivity index (χ1n) is 10.0. The Morgan fingerprint density at radius 1 is 1.14 bits per heavy atom. The molecule has 1 unspecified atom stereocenters. The maximum absolute atomic E-state index is 12.6. The fraction of sp³-hybridized carbons (Fsp3) is 0.391. The molecule has 0 saturated carbocycles. The second-order valence-corrected chi connectivity index (χ2v) is 7.30. The van der Waals surface area contributed by atoms with Gasteiger partial charge in [-0.2, -0.15) is 0 Å². The van der Waals surface area contributed by atoms with E-state index in [2.05, 4.69) is 30.1 Å². The number of carbonyl (C=O) groups excluding carboxylic acids is 2. The van der Waals surface area contributed by atoms with E-state index in [4.69, 9.17) is 0 Å². The second-order valence-electron chi connectivity index (χ2n) is 7.30. The minimum absolute atomic E-state index is 0.00583. The summed E-state index contributed by atoms with van der Waals surface area (Å²) in [6.07, 6.45) is 0.261. The van der Waals surface area contributed by atoms with Crippen LogP contribution < -0.4 is 15.1 Å². The molecule has 148 valence electrons. The molecule has 0 radical (unpaired) electrons. The minimum atomic E-state index is -0.306. The van der Waals surface area contributed by atoms with Crippen LogP contribution >= 0.6 is 0 Å². The number of carbonyl (C=O) groups is 2. The van der Waals surface area contributed by atoms with Crippen LogP contribution in [0.3, 0.4) is 0 Å². The number of anilines is 2. The van der Waals surface area contributed by atoms with Crippen LogP contribution in [0.4, 0.5) is 11.4 Å². The smallest absolute Gasteiger partial charge is 0.227 e. The highest BCUT2D eigenvalue weighted by atomic mass is 16.2. The third-order valence-corrected chi connectivity index (χ3v) is 5.34. The topological polar surface area (TPSA) is 52.6 Å². The Labute approximate surface area is 167 Å². The van der Waals surface area contributed by atoms with Gasteiger partial charge in [-0.05, 0) is 50.6 Å². The van der Waals surface area contributed by atoms with E-state index in [1.807, 2.05) is 49.4 Å². The van der Waals surface area contributed by atoms with Gasteiger partial charge in [-0.3, -0.25) is 9.59 Å². The van der Waals surface area contributed by atoms with E-state index in [0.717, 1.165) is 30.0 Å². The quantitative estimate of drug-likeness (QED) is 0.801. The van der Waals surface area contributed by atoms with Crippen molar-refractivity contribution in [2.45, 2.75) is 33.7 Å². The van der Waals surface area contributed by atoms with Crippen LogP contribution in [0.1, 0.15) is 31.4 Å². The number of amides is 2. The van der Waals surface area contributed by atoms with Gasteiger partial charge in [0.15, 0.2) is 0 Å². The summed E-state index contributed by atoms with van der Waals surface area (Å²) in [5, 5.41) is 2.98. The number of hydrogen-bond donors (Lipinski definition) is 1. The van der Waals surface area contributed by atoms with Gasteiger partial charge in [-0.15, -0.1) is 0 Å². The van der Waals surface area contributed by atoms with Crippen molar-refractivity contribution in [1.29, 1.82) is 0 Å². The lowest BCUT2D eigenvalue weighted by molar-refractivity contribution is -0.126. The number of rotatable bonds is 7. The van der Waals surface area contributed by atoms with Crippen molar-refractivity contribution >= 4 is 23.2 Å². The first-order chi connectivity index (χ1) is 13.5. The molecule has 2 aromatic rings. The Kier molecular flexibility index (Phi) is 6.34. The highest BCUT2D eigenvalue weighted by Crippen LogP contribution is 2.27. The Bertz CT molecular complexity index is 828. The van der Waals surface area contributed by atoms with Gasteiger partial charge in [0.05, 0.1) is 5.92 Å². The molecule has 2 amide bonds. The molecule has 0 bridgehead atoms. The predicted octanol–water partition coefficient (Wildman–Crippen LogP) is 3.51. The molecule has 1 saturated heterocycles. The number of nitrogens with zero attached hydrogens (tertiary/aromatic N) is 2. The van der Waals surface area contributed by atoms with Crippen molar-refractivity contribution in [3.05, 3.63) is 59.7 Å². The average molecular weight is 380 g/mol. The molecule has 1 N–H and O–H groups in total. The Morgan fingerprint density at radius 3 is 2.50 bits per heavy atom. The molecule has 1 aliphatic rings. The van der Waals surface area contributed by atoms with Gasteiger partial charge in [0.2, 0.25) is 11.8 Å². The molecule has 0 aliphatic carbocycles. The van der Waals surface area contributed by atoms with Gasteiger partial charge in [0.1, 0.15) is 0 Å². The van der Waals surface area contributed by atoms with Crippen LogP contribution in [0.5, 0.6) is 0 Å². The van der Waals surface area contributed by atoms with Crippen molar-refractivity contribution in [1.82, 2.24) is 5.32 Å². The van der Waals surface area contributed by atoms with E-state index >= 15 is 0 Å². The van der Waals surface area contributed by atoms with Crippen LogP contribution in [0, 0.1) is 12.8 Å². The van der Waals surface area contributed by atoms with E-state index in [9.17, 15) is 9.59 Å². The predicted molar refractivity (Wildman–Crippen MR) is 113 cm³/mol. The zero-order chi connectivity index (χ0) is 20.1. The third-order valence-electron chi connectivity index (χ3n) is 5.34. The number of nitrogens with one attached hydrogen (secondary N) is 1. The molecule has 1 heterocycles. The summed E-state index contributed by atoms with van der Waals surface area (Å²) in [7, 11) is 0. The van der Waals surface area contributed by atoms with Crippen LogP contribution in [-0.4, -0.2) is 31.4 Å². The molecule has 1 aliphatic heterocycles. The standard InChI is InChI=1S/C23H29N3O2/c1-4-25(5-2)20-9-11-21(12-10-20)26-16-19(14-22(26)27)23(28)24-15-18-8-6-7-17(3)13-18/h6-13,19H,4-5,14-16H2,1-3H3,(H,24,28). The summed E-state index contributed by atoms with van der Waals surface area (Å²) in [5.41, 5.74) is 4.24. The average Bonchev–Trinajstić information content (AvgIpc) is 3.09. The minimum Gasteiger partial charge on any atom is -0.372 e. The van der Waals surface area contributed by atoms with E-state index < -0.39 is 0 Å². The Morgan fingerprint density at radius 2 is 1.86 bits per heavy atom. The first-order valence-corrected chi connectivity index (χ1v) is 10.0. The first kappa shape index (κ1) is 19.9. The fourth-order valence-electron chi connectivity index (χ4n) is 3.72. The SMILES string of the molecule is CCN(CC)c1ccc(N2CC(C(=O)NCc3cccc(C)c3)CC2=O)cc1. The Balaban J connectivity index is 1.60. The monoisotopic (exact) mass is 379 g/mol. The van der Waals surface area contributed by atoms with Crippen LogP contribution in [0.25, 0.3) is 0 Å². The highest BCUT2D eigenvalue weighted by molar-refractivity contribution is 6.00. The highest BCUT2D eigenvalue weighted by Gasteiger charge is 2.35. The van der Waals surface area contributed by atoms with Gasteiger partial charge in [0.25, 0.3) is 0 Å². The largest absolute Gasteiger partial charge is 0.372 e. The normalized spacial score (nSPS) is 16.3.